The van der Waals surface area contributed by atoms with Crippen LogP contribution in [0.2, 0.25) is 0 Å². The van der Waals surface area contributed by atoms with Crippen LogP contribution in [0.15, 0.2) is 12.1 Å². The van der Waals surface area contributed by atoms with Crippen LogP contribution in [0.1, 0.15) is 57.8 Å². The Bertz CT molecular complexity index is 824. The van der Waals surface area contributed by atoms with Crippen molar-refractivity contribution in [3.05, 3.63) is 12.1 Å². The number of nitriles is 2. The van der Waals surface area contributed by atoms with E-state index in [1.165, 1.54) is 0 Å². The number of fused-ring (bicyclic) bond motifs is 2. The Morgan fingerprint density at radius 2 is 1.33 bits per heavy atom. The Kier molecular flexibility index (Phi) is 5.45. The van der Waals surface area contributed by atoms with Crippen molar-refractivity contribution in [1.29, 1.82) is 10.5 Å². The van der Waals surface area contributed by atoms with Crippen molar-refractivity contribution < 1.29 is 14.2 Å². The lowest BCUT2D eigenvalue weighted by molar-refractivity contribution is 0.0614. The van der Waals surface area contributed by atoms with Gasteiger partial charge in [-0.1, -0.05) is 25.7 Å². The molecule has 0 unspecified atom stereocenters. The van der Waals surface area contributed by atoms with Gasteiger partial charge in [-0.3, -0.25) is 0 Å². The maximum Gasteiger partial charge on any atom is 0.203 e. The highest BCUT2D eigenvalue weighted by Crippen LogP contribution is 2.58. The van der Waals surface area contributed by atoms with E-state index in [0.717, 1.165) is 63.5 Å². The largest absolute Gasteiger partial charge is 0.493 e. The van der Waals surface area contributed by atoms with Crippen LogP contribution in [-0.4, -0.2) is 32.4 Å². The summed E-state index contributed by atoms with van der Waals surface area (Å²) in [7, 11) is 4.79. The predicted molar refractivity (Wildman–Crippen MR) is 114 cm³/mol. The van der Waals surface area contributed by atoms with Gasteiger partial charge in [-0.15, -0.1) is 0 Å². The first-order chi connectivity index (χ1) is 14.6. The molecule has 3 fully saturated rings. The highest BCUT2D eigenvalue weighted by molar-refractivity contribution is 5.68. The van der Waals surface area contributed by atoms with Gasteiger partial charge in [0, 0.05) is 17.8 Å². The van der Waals surface area contributed by atoms with E-state index < -0.39 is 11.1 Å². The van der Waals surface area contributed by atoms with Gasteiger partial charge in [-0.05, 0) is 43.9 Å². The second-order valence-corrected chi connectivity index (χ2v) is 8.91. The molecule has 0 bridgehead atoms. The quantitative estimate of drug-likeness (QED) is 0.709. The minimum Gasteiger partial charge on any atom is -0.493 e. The van der Waals surface area contributed by atoms with Crippen LogP contribution in [0.5, 0.6) is 17.2 Å². The summed E-state index contributed by atoms with van der Waals surface area (Å²) in [5, 5.41) is 21.1. The maximum atomic E-state index is 10.6. The minimum absolute atomic E-state index is 0.278. The Morgan fingerprint density at radius 1 is 0.833 bits per heavy atom. The first-order valence-corrected chi connectivity index (χ1v) is 11.0. The van der Waals surface area contributed by atoms with Crippen LogP contribution in [-0.2, 0) is 0 Å². The molecule has 0 aromatic heterocycles. The summed E-state index contributed by atoms with van der Waals surface area (Å²) in [6.07, 6.45) is 8.99. The van der Waals surface area contributed by atoms with E-state index >= 15 is 0 Å². The Labute approximate surface area is 179 Å². The zero-order valence-corrected chi connectivity index (χ0v) is 18.2. The highest BCUT2D eigenvalue weighted by atomic mass is 16.5. The average molecular weight is 410 g/mol. The van der Waals surface area contributed by atoms with E-state index in [9.17, 15) is 10.5 Å². The molecular formula is C24H31N3O3. The second-order valence-electron chi connectivity index (χ2n) is 8.91. The van der Waals surface area contributed by atoms with Gasteiger partial charge in [0.05, 0.1) is 33.5 Å². The highest BCUT2D eigenvalue weighted by Gasteiger charge is 2.62. The number of hydrogen-bond donors (Lipinski definition) is 0. The first-order valence-electron chi connectivity index (χ1n) is 11.0. The smallest absolute Gasteiger partial charge is 0.203 e. The van der Waals surface area contributed by atoms with Gasteiger partial charge in [0.25, 0.3) is 0 Å². The standard InChI is InChI=1S/C24H31N3O3/c1-28-20-13-19(14-21(29-2)22(20)30-3)27-23(15-25)10-6-4-8-17(23)12-18-9-5-7-11-24(18,27)16-26/h13-14,17-18H,4-12H2,1-3H3/t17-,18+,23-,24+. The van der Waals surface area contributed by atoms with Crippen LogP contribution >= 0.6 is 0 Å². The molecule has 6 heteroatoms. The minimum atomic E-state index is -0.674. The lowest BCUT2D eigenvalue weighted by Gasteiger charge is -2.62. The molecule has 1 aromatic rings. The molecule has 0 N–H and O–H groups in total. The average Bonchev–Trinajstić information content (AvgIpc) is 2.81. The molecule has 4 atom stereocenters. The molecule has 2 aliphatic carbocycles. The van der Waals surface area contributed by atoms with Crippen molar-refractivity contribution in [3.8, 4) is 29.4 Å². The molecule has 1 aromatic carbocycles. The summed E-state index contributed by atoms with van der Waals surface area (Å²) >= 11 is 0. The molecule has 2 saturated carbocycles. The Balaban J connectivity index is 1.97. The first kappa shape index (κ1) is 20.7. The number of methoxy groups -OCH3 is 3. The summed E-state index contributed by atoms with van der Waals surface area (Å²) < 4.78 is 16.8. The molecule has 0 radical (unpaired) electrons. The van der Waals surface area contributed by atoms with E-state index in [0.29, 0.717) is 17.2 Å². The van der Waals surface area contributed by atoms with E-state index in [1.54, 1.807) is 21.3 Å². The predicted octanol–water partition coefficient (Wildman–Crippen LogP) is 4.83. The van der Waals surface area contributed by atoms with Crippen molar-refractivity contribution in [1.82, 2.24) is 0 Å². The zero-order valence-electron chi connectivity index (χ0n) is 18.2. The molecule has 6 nitrogen and oxygen atoms in total. The van der Waals surface area contributed by atoms with Crippen molar-refractivity contribution in [3.63, 3.8) is 0 Å². The Hall–Kier alpha value is -2.60. The molecule has 1 saturated heterocycles. The maximum absolute atomic E-state index is 10.6. The fourth-order valence-corrected chi connectivity index (χ4v) is 6.42. The third-order valence-electron chi connectivity index (χ3n) is 7.73. The molecule has 0 spiro atoms. The van der Waals surface area contributed by atoms with Crippen LogP contribution in [0.25, 0.3) is 0 Å². The molecule has 1 aliphatic heterocycles. The lowest BCUT2D eigenvalue weighted by atomic mass is 9.57. The number of nitrogens with zero attached hydrogens (tertiary/aromatic N) is 3. The summed E-state index contributed by atoms with van der Waals surface area (Å²) in [5.74, 6) is 2.19. The normalized spacial score (nSPS) is 32.8. The van der Waals surface area contributed by atoms with Crippen molar-refractivity contribution >= 4 is 5.69 Å². The third-order valence-corrected chi connectivity index (χ3v) is 7.73. The number of piperidine rings is 1. The summed E-state index contributed by atoms with van der Waals surface area (Å²) in [6, 6.07) is 9.29. The molecule has 160 valence electrons. The van der Waals surface area contributed by atoms with E-state index in [-0.39, 0.29) is 11.8 Å². The van der Waals surface area contributed by atoms with Crippen LogP contribution in [0.4, 0.5) is 5.69 Å². The summed E-state index contributed by atoms with van der Waals surface area (Å²) in [4.78, 5) is 2.20. The number of hydrogen-bond acceptors (Lipinski definition) is 6. The van der Waals surface area contributed by atoms with Crippen LogP contribution in [0.3, 0.4) is 0 Å². The van der Waals surface area contributed by atoms with Crippen LogP contribution in [0, 0.1) is 34.5 Å². The number of rotatable bonds is 4. The number of ether oxygens (including phenoxy) is 3. The second kappa shape index (κ2) is 7.91. The Morgan fingerprint density at radius 3 is 1.73 bits per heavy atom. The summed E-state index contributed by atoms with van der Waals surface area (Å²) in [5.41, 5.74) is -0.523. The molecule has 30 heavy (non-hydrogen) atoms. The third kappa shape index (κ3) is 2.81. The van der Waals surface area contributed by atoms with Crippen molar-refractivity contribution in [2.24, 2.45) is 11.8 Å². The van der Waals surface area contributed by atoms with Gasteiger partial charge < -0.3 is 19.1 Å². The zero-order chi connectivity index (χ0) is 21.4. The van der Waals surface area contributed by atoms with Gasteiger partial charge in [0.2, 0.25) is 5.75 Å². The lowest BCUT2D eigenvalue weighted by Crippen LogP contribution is -2.71. The molecule has 1 heterocycles. The van der Waals surface area contributed by atoms with Gasteiger partial charge in [-0.2, -0.15) is 10.5 Å². The van der Waals surface area contributed by atoms with E-state index in [1.807, 2.05) is 12.1 Å². The van der Waals surface area contributed by atoms with E-state index in [4.69, 9.17) is 14.2 Å². The number of anilines is 1. The van der Waals surface area contributed by atoms with Crippen molar-refractivity contribution in [2.45, 2.75) is 68.9 Å². The van der Waals surface area contributed by atoms with Gasteiger partial charge in [-0.25, -0.2) is 0 Å². The SMILES string of the molecule is COc1cc(N2[C@@]3(C#N)CCCC[C@@H]3C[C@@H]3CCCC[C@]32C#N)cc(OC)c1OC. The fraction of sp³-hybridized carbons (Fsp3) is 0.667. The van der Waals surface area contributed by atoms with Crippen molar-refractivity contribution in [2.75, 3.05) is 26.2 Å². The number of benzene rings is 1. The van der Waals surface area contributed by atoms with Crippen LogP contribution < -0.4 is 19.1 Å². The molecule has 3 aliphatic rings. The monoisotopic (exact) mass is 409 g/mol. The molecule has 4 rings (SSSR count). The fourth-order valence-electron chi connectivity index (χ4n) is 6.42. The van der Waals surface area contributed by atoms with Gasteiger partial charge in [0.1, 0.15) is 11.1 Å². The van der Waals surface area contributed by atoms with E-state index in [2.05, 4.69) is 17.0 Å². The van der Waals surface area contributed by atoms with Gasteiger partial charge in [0.15, 0.2) is 11.5 Å². The molecule has 0 amide bonds. The molecular weight excluding hydrogens is 378 g/mol. The topological polar surface area (TPSA) is 78.5 Å². The summed E-state index contributed by atoms with van der Waals surface area (Å²) in [6.45, 7) is 0. The van der Waals surface area contributed by atoms with Gasteiger partial charge >= 0.3 is 0 Å².